The van der Waals surface area contributed by atoms with Gasteiger partial charge in [-0.2, -0.15) is 13.2 Å². The van der Waals surface area contributed by atoms with Crippen LogP contribution in [0.2, 0.25) is 0 Å². The summed E-state index contributed by atoms with van der Waals surface area (Å²) < 4.78 is 36.9. The van der Waals surface area contributed by atoms with E-state index in [9.17, 15) is 22.8 Å². The van der Waals surface area contributed by atoms with E-state index < -0.39 is 18.6 Å². The van der Waals surface area contributed by atoms with E-state index in [0.29, 0.717) is 17.5 Å². The second-order valence-corrected chi connectivity index (χ2v) is 8.01. The zero-order chi connectivity index (χ0) is 20.5. The van der Waals surface area contributed by atoms with Crippen molar-refractivity contribution in [3.05, 3.63) is 29.3 Å². The van der Waals surface area contributed by atoms with Gasteiger partial charge < -0.3 is 16.4 Å². The van der Waals surface area contributed by atoms with Gasteiger partial charge in [-0.05, 0) is 62.1 Å². The van der Waals surface area contributed by atoms with Crippen molar-refractivity contribution in [3.8, 4) is 0 Å². The normalized spacial score (nSPS) is 27.2. The van der Waals surface area contributed by atoms with Crippen LogP contribution in [0.3, 0.4) is 0 Å². The van der Waals surface area contributed by atoms with Crippen molar-refractivity contribution in [2.45, 2.75) is 51.2 Å². The number of alkyl halides is 3. The molecule has 4 N–H and O–H groups in total. The topological polar surface area (TPSA) is 84.2 Å². The number of anilines is 1. The summed E-state index contributed by atoms with van der Waals surface area (Å²) in [6.45, 7) is 0.380. The number of nitrogens with one attached hydrogen (secondary N) is 2. The Morgan fingerprint density at radius 2 is 1.82 bits per heavy atom. The van der Waals surface area contributed by atoms with Crippen LogP contribution in [0.25, 0.3) is 0 Å². The summed E-state index contributed by atoms with van der Waals surface area (Å²) in [6.07, 6.45) is 0.302. The van der Waals surface area contributed by atoms with E-state index in [1.807, 2.05) is 5.32 Å². The van der Waals surface area contributed by atoms with Gasteiger partial charge in [0.15, 0.2) is 0 Å². The molecular weight excluding hydrogens is 371 g/mol. The van der Waals surface area contributed by atoms with E-state index in [1.54, 1.807) is 13.0 Å². The predicted molar refractivity (Wildman–Crippen MR) is 99.7 cm³/mol. The van der Waals surface area contributed by atoms with Crippen molar-refractivity contribution in [2.24, 2.45) is 23.5 Å². The average molecular weight is 397 g/mol. The molecule has 2 amide bonds. The Morgan fingerprint density at radius 1 is 1.18 bits per heavy atom. The summed E-state index contributed by atoms with van der Waals surface area (Å²) in [5.74, 6) is -0.337. The molecule has 2 saturated carbocycles. The zero-order valence-corrected chi connectivity index (χ0v) is 15.8. The molecule has 0 heterocycles. The number of fused-ring (bicyclic) bond motifs is 2. The van der Waals surface area contributed by atoms with Crippen LogP contribution in [0.1, 0.15) is 48.0 Å². The Balaban J connectivity index is 1.66. The molecule has 3 rings (SSSR count). The van der Waals surface area contributed by atoms with Gasteiger partial charge in [-0.1, -0.05) is 12.5 Å². The molecule has 2 atom stereocenters. The molecule has 2 bridgehead atoms. The maximum absolute atomic E-state index is 12.8. The molecule has 0 spiro atoms. The third kappa shape index (κ3) is 4.84. The SMILES string of the molecule is Cc1ccc(C(=O)NCC(F)(F)F)cc1NC(=O)C1CC2CCCC(C1)C2N. The molecule has 1 aromatic carbocycles. The third-order valence-electron chi connectivity index (χ3n) is 5.99. The van der Waals surface area contributed by atoms with Crippen molar-refractivity contribution in [3.63, 3.8) is 0 Å². The monoisotopic (exact) mass is 397 g/mol. The van der Waals surface area contributed by atoms with Crippen LogP contribution in [-0.2, 0) is 4.79 Å². The van der Waals surface area contributed by atoms with Crippen LogP contribution in [-0.4, -0.2) is 30.6 Å². The van der Waals surface area contributed by atoms with E-state index in [1.165, 1.54) is 12.1 Å². The first-order chi connectivity index (χ1) is 13.1. The Kier molecular flexibility index (Phi) is 5.98. The second kappa shape index (κ2) is 8.11. The van der Waals surface area contributed by atoms with Crippen molar-refractivity contribution >= 4 is 17.5 Å². The highest BCUT2D eigenvalue weighted by molar-refractivity contribution is 5.98. The first kappa shape index (κ1) is 20.6. The molecule has 2 aliphatic carbocycles. The molecule has 0 aliphatic heterocycles. The number of benzene rings is 1. The number of hydrogen-bond donors (Lipinski definition) is 3. The molecule has 0 saturated heterocycles. The number of amides is 2. The fourth-order valence-electron chi connectivity index (χ4n) is 4.42. The molecular formula is C20H26F3N3O2. The predicted octanol–water partition coefficient (Wildman–Crippen LogP) is 3.38. The van der Waals surface area contributed by atoms with Gasteiger partial charge in [-0.25, -0.2) is 0 Å². The molecule has 2 fully saturated rings. The Labute approximate surface area is 162 Å². The standard InChI is InChI=1S/C20H26F3N3O2/c1-11-5-6-14(18(27)25-10-20(21,22)23)9-16(11)26-19(28)15-7-12-3-2-4-13(8-15)17(12)24/h5-6,9,12-13,15,17H,2-4,7-8,10,24H2,1H3,(H,25,27)(H,26,28). The van der Waals surface area contributed by atoms with E-state index in [4.69, 9.17) is 5.73 Å². The number of halogens is 3. The maximum Gasteiger partial charge on any atom is 0.405 e. The van der Waals surface area contributed by atoms with Gasteiger partial charge in [0.2, 0.25) is 5.91 Å². The third-order valence-corrected chi connectivity index (χ3v) is 5.99. The Hall–Kier alpha value is -2.09. The van der Waals surface area contributed by atoms with Crippen molar-refractivity contribution in [2.75, 3.05) is 11.9 Å². The molecule has 8 heteroatoms. The smallest absolute Gasteiger partial charge is 0.343 e. The fraction of sp³-hybridized carbons (Fsp3) is 0.600. The van der Waals surface area contributed by atoms with Crippen LogP contribution in [0, 0.1) is 24.7 Å². The highest BCUT2D eigenvalue weighted by atomic mass is 19.4. The van der Waals surface area contributed by atoms with Crippen LogP contribution in [0.15, 0.2) is 18.2 Å². The van der Waals surface area contributed by atoms with Crippen molar-refractivity contribution in [1.29, 1.82) is 0 Å². The Bertz CT molecular complexity index is 737. The maximum atomic E-state index is 12.8. The Morgan fingerprint density at radius 3 is 2.43 bits per heavy atom. The minimum Gasteiger partial charge on any atom is -0.343 e. The van der Waals surface area contributed by atoms with Crippen LogP contribution in [0.4, 0.5) is 18.9 Å². The number of nitrogens with two attached hydrogens (primary N) is 1. The van der Waals surface area contributed by atoms with Gasteiger partial charge in [0.1, 0.15) is 6.54 Å². The first-order valence-corrected chi connectivity index (χ1v) is 9.66. The molecule has 154 valence electrons. The van der Waals surface area contributed by atoms with Crippen LogP contribution in [0.5, 0.6) is 0 Å². The number of hydrogen-bond acceptors (Lipinski definition) is 3. The van der Waals surface area contributed by atoms with Gasteiger partial charge in [0.05, 0.1) is 0 Å². The minimum atomic E-state index is -4.47. The van der Waals surface area contributed by atoms with Crippen molar-refractivity contribution < 1.29 is 22.8 Å². The van der Waals surface area contributed by atoms with Gasteiger partial charge in [-0.3, -0.25) is 9.59 Å². The fourth-order valence-corrected chi connectivity index (χ4v) is 4.42. The van der Waals surface area contributed by atoms with Crippen LogP contribution >= 0.6 is 0 Å². The lowest BCUT2D eigenvalue weighted by atomic mass is 9.65. The van der Waals surface area contributed by atoms with E-state index in [0.717, 1.165) is 37.7 Å². The second-order valence-electron chi connectivity index (χ2n) is 8.01. The molecule has 5 nitrogen and oxygen atoms in total. The van der Waals surface area contributed by atoms with Crippen molar-refractivity contribution in [1.82, 2.24) is 5.32 Å². The summed E-state index contributed by atoms with van der Waals surface area (Å²) in [4.78, 5) is 24.8. The van der Waals surface area contributed by atoms with Crippen LogP contribution < -0.4 is 16.4 Å². The number of carbonyl (C=O) groups excluding carboxylic acids is 2. The first-order valence-electron chi connectivity index (χ1n) is 9.66. The highest BCUT2D eigenvalue weighted by Gasteiger charge is 2.40. The van der Waals surface area contributed by atoms with E-state index in [2.05, 4.69) is 5.32 Å². The molecule has 0 aromatic heterocycles. The number of carbonyl (C=O) groups is 2. The zero-order valence-electron chi connectivity index (χ0n) is 15.8. The molecule has 2 aliphatic rings. The largest absolute Gasteiger partial charge is 0.405 e. The molecule has 0 radical (unpaired) electrons. The summed E-state index contributed by atoms with van der Waals surface area (Å²) in [7, 11) is 0. The summed E-state index contributed by atoms with van der Waals surface area (Å²) in [6, 6.07) is 4.65. The molecule has 1 aromatic rings. The van der Waals surface area contributed by atoms with E-state index in [-0.39, 0.29) is 23.4 Å². The quantitative estimate of drug-likeness (QED) is 0.728. The van der Waals surface area contributed by atoms with Gasteiger partial charge in [0.25, 0.3) is 5.91 Å². The number of aryl methyl sites for hydroxylation is 1. The van der Waals surface area contributed by atoms with Gasteiger partial charge in [0, 0.05) is 23.2 Å². The van der Waals surface area contributed by atoms with Gasteiger partial charge in [-0.15, -0.1) is 0 Å². The summed E-state index contributed by atoms with van der Waals surface area (Å²) in [5, 5.41) is 4.71. The van der Waals surface area contributed by atoms with E-state index >= 15 is 0 Å². The minimum absolute atomic E-state index is 0.0766. The number of rotatable bonds is 4. The lowest BCUT2D eigenvalue weighted by Gasteiger charge is -2.43. The summed E-state index contributed by atoms with van der Waals surface area (Å²) in [5.41, 5.74) is 7.55. The lowest BCUT2D eigenvalue weighted by Crippen LogP contribution is -2.48. The lowest BCUT2D eigenvalue weighted by molar-refractivity contribution is -0.123. The summed E-state index contributed by atoms with van der Waals surface area (Å²) >= 11 is 0. The molecule has 2 unspecified atom stereocenters. The van der Waals surface area contributed by atoms with Gasteiger partial charge >= 0.3 is 6.18 Å². The molecule has 28 heavy (non-hydrogen) atoms. The average Bonchev–Trinajstić information content (AvgIpc) is 2.60. The highest BCUT2D eigenvalue weighted by Crippen LogP contribution is 2.42.